The van der Waals surface area contributed by atoms with Crippen LogP contribution in [0, 0.1) is 0 Å². The Bertz CT molecular complexity index is 322. The van der Waals surface area contributed by atoms with Crippen molar-refractivity contribution in [1.82, 2.24) is 0 Å². The van der Waals surface area contributed by atoms with Crippen LogP contribution in [0.1, 0.15) is 0 Å². The van der Waals surface area contributed by atoms with Gasteiger partial charge >= 0.3 is 7.12 Å². The van der Waals surface area contributed by atoms with Gasteiger partial charge in [-0.15, -0.1) is 11.8 Å². The van der Waals surface area contributed by atoms with Crippen LogP contribution in [0.3, 0.4) is 0 Å². The molecule has 0 aliphatic heterocycles. The highest BCUT2D eigenvalue weighted by Crippen LogP contribution is 2.26. The molecule has 1 aromatic carbocycles. The van der Waals surface area contributed by atoms with Gasteiger partial charge in [0.05, 0.1) is 0 Å². The molecule has 0 aliphatic carbocycles. The van der Waals surface area contributed by atoms with Crippen LogP contribution < -0.4 is 5.46 Å². The van der Waals surface area contributed by atoms with Crippen LogP contribution in [0.5, 0.6) is 0 Å². The van der Waals surface area contributed by atoms with E-state index in [2.05, 4.69) is 15.9 Å². The average Bonchev–Trinajstić information content (AvgIpc) is 2.04. The van der Waals surface area contributed by atoms with Crippen molar-refractivity contribution in [3.05, 3.63) is 21.6 Å². The fourth-order valence-electron chi connectivity index (χ4n) is 0.944. The molecule has 0 atom stereocenters. The zero-order chi connectivity index (χ0) is 10.0. The minimum atomic E-state index is -1.55. The van der Waals surface area contributed by atoms with Gasteiger partial charge in [0.25, 0.3) is 0 Å². The normalized spacial score (nSPS) is 10.2. The van der Waals surface area contributed by atoms with Crippen molar-refractivity contribution >= 4 is 51.9 Å². The Kier molecular flexibility index (Phi) is 4.13. The average molecular weight is 281 g/mol. The van der Waals surface area contributed by atoms with Crippen LogP contribution >= 0.6 is 39.3 Å². The van der Waals surface area contributed by atoms with Crippen molar-refractivity contribution in [2.24, 2.45) is 0 Å². The molecule has 0 heterocycles. The maximum absolute atomic E-state index is 9.04. The molecule has 0 amide bonds. The molecule has 2 nitrogen and oxygen atoms in total. The molecule has 0 spiro atoms. The van der Waals surface area contributed by atoms with E-state index in [0.717, 1.165) is 4.90 Å². The molecular weight excluding hydrogens is 274 g/mol. The van der Waals surface area contributed by atoms with Crippen molar-refractivity contribution in [2.45, 2.75) is 4.90 Å². The summed E-state index contributed by atoms with van der Waals surface area (Å²) in [6, 6.07) is 3.47. The van der Waals surface area contributed by atoms with Gasteiger partial charge in [-0.25, -0.2) is 0 Å². The van der Waals surface area contributed by atoms with E-state index < -0.39 is 7.12 Å². The second-order valence-corrected chi connectivity index (χ2v) is 4.40. The van der Waals surface area contributed by atoms with Gasteiger partial charge in [-0.1, -0.05) is 11.6 Å². The number of benzene rings is 1. The monoisotopic (exact) mass is 280 g/mol. The Morgan fingerprint density at radius 1 is 1.46 bits per heavy atom. The van der Waals surface area contributed by atoms with Crippen LogP contribution in [-0.2, 0) is 0 Å². The summed E-state index contributed by atoms with van der Waals surface area (Å²) in [5, 5.41) is 18.4. The molecule has 0 bridgehead atoms. The Morgan fingerprint density at radius 3 is 2.54 bits per heavy atom. The van der Waals surface area contributed by atoms with E-state index in [1.165, 1.54) is 11.8 Å². The van der Waals surface area contributed by atoms with Gasteiger partial charge in [0, 0.05) is 19.9 Å². The first-order chi connectivity index (χ1) is 6.07. The first-order valence-electron chi connectivity index (χ1n) is 3.46. The fraction of sp³-hybridized carbons (Fsp3) is 0.143. The largest absolute Gasteiger partial charge is 0.491 e. The summed E-state index contributed by atoms with van der Waals surface area (Å²) < 4.78 is 0.641. The Balaban J connectivity index is 3.30. The van der Waals surface area contributed by atoms with E-state index in [9.17, 15) is 0 Å². The summed E-state index contributed by atoms with van der Waals surface area (Å²) in [6.07, 6.45) is 1.90. The lowest BCUT2D eigenvalue weighted by molar-refractivity contribution is 0.425. The molecule has 1 rings (SSSR count). The number of hydrogen-bond acceptors (Lipinski definition) is 3. The molecule has 0 saturated heterocycles. The summed E-state index contributed by atoms with van der Waals surface area (Å²) in [6.45, 7) is 0. The molecule has 6 heteroatoms. The zero-order valence-corrected chi connectivity index (χ0v) is 9.95. The van der Waals surface area contributed by atoms with Crippen molar-refractivity contribution in [3.8, 4) is 0 Å². The summed E-state index contributed by atoms with van der Waals surface area (Å²) in [5.41, 5.74) is 0.313. The molecule has 13 heavy (non-hydrogen) atoms. The van der Waals surface area contributed by atoms with Crippen LogP contribution in [-0.4, -0.2) is 23.4 Å². The van der Waals surface area contributed by atoms with E-state index in [4.69, 9.17) is 21.6 Å². The molecule has 0 aromatic heterocycles. The van der Waals surface area contributed by atoms with Gasteiger partial charge in [-0.2, -0.15) is 0 Å². The number of rotatable bonds is 2. The first-order valence-corrected chi connectivity index (χ1v) is 5.85. The third-order valence-electron chi connectivity index (χ3n) is 1.57. The molecule has 70 valence electrons. The maximum Gasteiger partial charge on any atom is 0.491 e. The first kappa shape index (κ1) is 11.4. The van der Waals surface area contributed by atoms with Crippen LogP contribution in [0.15, 0.2) is 21.5 Å². The van der Waals surface area contributed by atoms with E-state index >= 15 is 0 Å². The van der Waals surface area contributed by atoms with Gasteiger partial charge in [0.1, 0.15) is 0 Å². The lowest BCUT2D eigenvalue weighted by Crippen LogP contribution is -2.32. The molecule has 0 saturated carbocycles. The van der Waals surface area contributed by atoms with Crippen LogP contribution in [0.25, 0.3) is 0 Å². The molecule has 0 fully saturated rings. The predicted molar refractivity (Wildman–Crippen MR) is 60.8 cm³/mol. The second-order valence-electron chi connectivity index (χ2n) is 2.35. The summed E-state index contributed by atoms with van der Waals surface area (Å²) in [7, 11) is -1.55. The van der Waals surface area contributed by atoms with Gasteiger partial charge in [-0.05, 0) is 34.3 Å². The SMILES string of the molecule is CSc1ccc(Cl)c(B(O)O)c1Br. The number of hydrogen-bond donors (Lipinski definition) is 2. The lowest BCUT2D eigenvalue weighted by atomic mass is 9.80. The topological polar surface area (TPSA) is 40.5 Å². The molecule has 0 aliphatic rings. The highest BCUT2D eigenvalue weighted by Gasteiger charge is 2.20. The second kappa shape index (κ2) is 4.71. The number of halogens is 2. The third-order valence-corrected chi connectivity index (χ3v) is 3.80. The van der Waals surface area contributed by atoms with Gasteiger partial charge < -0.3 is 10.0 Å². The van der Waals surface area contributed by atoms with Gasteiger partial charge in [0.15, 0.2) is 0 Å². The van der Waals surface area contributed by atoms with E-state index in [1.54, 1.807) is 6.07 Å². The quantitative estimate of drug-likeness (QED) is 0.637. The summed E-state index contributed by atoms with van der Waals surface area (Å²) in [5.74, 6) is 0. The number of thioether (sulfide) groups is 1. The highest BCUT2D eigenvalue weighted by atomic mass is 79.9. The van der Waals surface area contributed by atoms with Crippen LogP contribution in [0.4, 0.5) is 0 Å². The van der Waals surface area contributed by atoms with Crippen LogP contribution in [0.2, 0.25) is 5.02 Å². The minimum absolute atomic E-state index is 0.313. The molecule has 0 radical (unpaired) electrons. The Morgan fingerprint density at radius 2 is 2.08 bits per heavy atom. The maximum atomic E-state index is 9.04. The van der Waals surface area contributed by atoms with Crippen molar-refractivity contribution in [3.63, 3.8) is 0 Å². The molecule has 1 aromatic rings. The Labute approximate surface area is 94.6 Å². The summed E-state index contributed by atoms with van der Waals surface area (Å²) in [4.78, 5) is 0.924. The lowest BCUT2D eigenvalue weighted by Gasteiger charge is -2.09. The standard InChI is InChI=1S/C7H7BBrClO2S/c1-13-5-3-2-4(10)6(7(5)9)8(11)12/h2-3,11-12H,1H3. The smallest absolute Gasteiger partial charge is 0.423 e. The zero-order valence-electron chi connectivity index (χ0n) is 6.79. The third kappa shape index (κ3) is 2.42. The highest BCUT2D eigenvalue weighted by molar-refractivity contribution is 9.10. The van der Waals surface area contributed by atoms with E-state index in [0.29, 0.717) is 15.0 Å². The predicted octanol–water partition coefficient (Wildman–Crippen LogP) is 1.50. The van der Waals surface area contributed by atoms with Gasteiger partial charge in [-0.3, -0.25) is 0 Å². The van der Waals surface area contributed by atoms with Crippen molar-refractivity contribution in [1.29, 1.82) is 0 Å². The Hall–Kier alpha value is 0.325. The minimum Gasteiger partial charge on any atom is -0.423 e. The van der Waals surface area contributed by atoms with Crippen molar-refractivity contribution in [2.75, 3.05) is 6.26 Å². The molecule has 0 unspecified atom stereocenters. The van der Waals surface area contributed by atoms with Crippen molar-refractivity contribution < 1.29 is 10.0 Å². The molecular formula is C7H7BBrClO2S. The summed E-state index contributed by atoms with van der Waals surface area (Å²) >= 11 is 10.6. The van der Waals surface area contributed by atoms with E-state index in [-0.39, 0.29) is 0 Å². The van der Waals surface area contributed by atoms with E-state index in [1.807, 2.05) is 12.3 Å². The van der Waals surface area contributed by atoms with Gasteiger partial charge in [0.2, 0.25) is 0 Å². The fourth-order valence-corrected chi connectivity index (χ4v) is 2.84. The molecule has 2 N–H and O–H groups in total.